The Morgan fingerprint density at radius 2 is 2.12 bits per heavy atom. The fourth-order valence-electron chi connectivity index (χ4n) is 2.77. The van der Waals surface area contributed by atoms with Gasteiger partial charge in [0.05, 0.1) is 36.8 Å². The fraction of sp³-hybridized carbons (Fsp3) is 0.412. The zero-order chi connectivity index (χ0) is 18.0. The highest BCUT2D eigenvalue weighted by Crippen LogP contribution is 2.38. The molecule has 0 aliphatic carbocycles. The number of thioether (sulfide) groups is 1. The van der Waals surface area contributed by atoms with E-state index in [-0.39, 0.29) is 12.0 Å². The highest BCUT2D eigenvalue weighted by molar-refractivity contribution is 8.26. The largest absolute Gasteiger partial charge is 0.493 e. The molecule has 0 radical (unpaired) electrons. The number of rotatable bonds is 5. The number of thiocarbonyl (C=S) groups is 1. The molecule has 2 saturated heterocycles. The number of hydrogen-bond acceptors (Lipinski definition) is 6. The van der Waals surface area contributed by atoms with Gasteiger partial charge in [0, 0.05) is 12.7 Å². The van der Waals surface area contributed by atoms with Crippen LogP contribution < -0.4 is 9.47 Å². The topological polar surface area (TPSA) is 48.0 Å². The minimum absolute atomic E-state index is 0.0616. The van der Waals surface area contributed by atoms with E-state index in [9.17, 15) is 4.79 Å². The number of ether oxygens (including phenoxy) is 3. The Morgan fingerprint density at radius 3 is 2.76 bits per heavy atom. The maximum absolute atomic E-state index is 12.7. The number of hydrogen-bond donors (Lipinski definition) is 0. The molecule has 0 bridgehead atoms. The van der Waals surface area contributed by atoms with Gasteiger partial charge in [0.15, 0.2) is 11.5 Å². The second-order valence-corrected chi connectivity index (χ2v) is 7.74. The van der Waals surface area contributed by atoms with Crippen molar-refractivity contribution in [3.63, 3.8) is 0 Å². The number of carbonyl (C=O) groups is 1. The Kier molecular flexibility index (Phi) is 5.89. The molecular weight excluding hydrogens is 382 g/mol. The van der Waals surface area contributed by atoms with E-state index in [1.807, 2.05) is 0 Å². The van der Waals surface area contributed by atoms with E-state index in [4.69, 9.17) is 38.0 Å². The normalized spacial score (nSPS) is 22.1. The maximum atomic E-state index is 12.7. The summed E-state index contributed by atoms with van der Waals surface area (Å²) in [4.78, 5) is 14.8. The lowest BCUT2D eigenvalue weighted by Crippen LogP contribution is -2.35. The summed E-state index contributed by atoms with van der Waals surface area (Å²) < 4.78 is 16.7. The average Bonchev–Trinajstić information content (AvgIpc) is 3.20. The zero-order valence-corrected chi connectivity index (χ0v) is 16.3. The van der Waals surface area contributed by atoms with Crippen LogP contribution in [0.2, 0.25) is 5.02 Å². The Labute approximate surface area is 161 Å². The number of carbonyl (C=O) groups excluding carboxylic acids is 1. The molecule has 3 rings (SSSR count). The van der Waals surface area contributed by atoms with E-state index in [0.717, 1.165) is 19.4 Å². The first kappa shape index (κ1) is 18.5. The van der Waals surface area contributed by atoms with Gasteiger partial charge in [-0.2, -0.15) is 0 Å². The van der Waals surface area contributed by atoms with Gasteiger partial charge in [0.1, 0.15) is 4.32 Å². The van der Waals surface area contributed by atoms with Crippen molar-refractivity contribution in [3.05, 3.63) is 27.6 Å². The van der Waals surface area contributed by atoms with Gasteiger partial charge in [0.2, 0.25) is 0 Å². The molecule has 0 saturated carbocycles. The molecule has 0 spiro atoms. The highest BCUT2D eigenvalue weighted by Gasteiger charge is 2.34. The summed E-state index contributed by atoms with van der Waals surface area (Å²) in [6.07, 6.45) is 3.78. The van der Waals surface area contributed by atoms with E-state index in [1.54, 1.807) is 37.3 Å². The summed E-state index contributed by atoms with van der Waals surface area (Å²) in [5.74, 6) is 0.972. The van der Waals surface area contributed by atoms with Crippen molar-refractivity contribution in [1.29, 1.82) is 0 Å². The molecule has 1 amide bonds. The third-order valence-electron chi connectivity index (χ3n) is 4.07. The molecule has 2 fully saturated rings. The van der Waals surface area contributed by atoms with Gasteiger partial charge in [-0.1, -0.05) is 35.6 Å². The van der Waals surface area contributed by atoms with Crippen LogP contribution in [0.1, 0.15) is 18.4 Å². The van der Waals surface area contributed by atoms with Crippen LogP contribution in [-0.4, -0.2) is 48.6 Å². The van der Waals surface area contributed by atoms with Gasteiger partial charge < -0.3 is 14.2 Å². The molecule has 8 heteroatoms. The first-order valence-electron chi connectivity index (χ1n) is 7.82. The minimum Gasteiger partial charge on any atom is -0.493 e. The van der Waals surface area contributed by atoms with Crippen LogP contribution in [0.3, 0.4) is 0 Å². The smallest absolute Gasteiger partial charge is 0.266 e. The summed E-state index contributed by atoms with van der Waals surface area (Å²) in [6.45, 7) is 1.25. The predicted octanol–water partition coefficient (Wildman–Crippen LogP) is 3.74. The second-order valence-electron chi connectivity index (χ2n) is 5.66. The number of benzene rings is 1. The molecule has 1 atom stereocenters. The zero-order valence-electron chi connectivity index (χ0n) is 13.9. The van der Waals surface area contributed by atoms with Crippen LogP contribution in [0.5, 0.6) is 11.5 Å². The van der Waals surface area contributed by atoms with Crippen molar-refractivity contribution >= 4 is 51.9 Å². The third kappa shape index (κ3) is 3.95. The van der Waals surface area contributed by atoms with Crippen molar-refractivity contribution in [2.24, 2.45) is 0 Å². The molecular formula is C17H18ClNO4S2. The fourth-order valence-corrected chi connectivity index (χ4v) is 4.25. The van der Waals surface area contributed by atoms with E-state index >= 15 is 0 Å². The predicted molar refractivity (Wildman–Crippen MR) is 103 cm³/mol. The number of nitrogens with zero attached hydrogens (tertiary/aromatic N) is 1. The Morgan fingerprint density at radius 1 is 1.40 bits per heavy atom. The second kappa shape index (κ2) is 7.95. The molecule has 0 N–H and O–H groups in total. The van der Waals surface area contributed by atoms with Crippen LogP contribution in [0, 0.1) is 0 Å². The standard InChI is InChI=1S/C17H18ClNO4S2/c1-21-13-6-10(12(18)8-14(13)22-2)7-15-16(20)19(17(24)25-15)9-11-4-3-5-23-11/h6-8,11H,3-5,9H2,1-2H3/b15-7-/t11-/m0/s1. The van der Waals surface area contributed by atoms with Gasteiger partial charge in [-0.3, -0.25) is 9.69 Å². The molecule has 2 aliphatic heterocycles. The lowest BCUT2D eigenvalue weighted by atomic mass is 10.1. The first-order chi connectivity index (χ1) is 12.0. The lowest BCUT2D eigenvalue weighted by Gasteiger charge is -2.18. The van der Waals surface area contributed by atoms with Crippen LogP contribution in [0.15, 0.2) is 17.0 Å². The van der Waals surface area contributed by atoms with Crippen molar-refractivity contribution in [1.82, 2.24) is 4.90 Å². The summed E-state index contributed by atoms with van der Waals surface area (Å²) in [6, 6.07) is 3.41. The van der Waals surface area contributed by atoms with Gasteiger partial charge in [0.25, 0.3) is 5.91 Å². The Hall–Kier alpha value is -1.28. The monoisotopic (exact) mass is 399 g/mol. The quantitative estimate of drug-likeness (QED) is 0.555. The van der Waals surface area contributed by atoms with Gasteiger partial charge in [-0.25, -0.2) is 0 Å². The summed E-state index contributed by atoms with van der Waals surface area (Å²) in [7, 11) is 3.10. The van der Waals surface area contributed by atoms with E-state index in [1.165, 1.54) is 11.8 Å². The van der Waals surface area contributed by atoms with Crippen LogP contribution in [0.25, 0.3) is 6.08 Å². The van der Waals surface area contributed by atoms with E-state index < -0.39 is 0 Å². The maximum Gasteiger partial charge on any atom is 0.266 e. The number of halogens is 1. The van der Waals surface area contributed by atoms with Crippen LogP contribution >= 0.6 is 35.6 Å². The van der Waals surface area contributed by atoms with Gasteiger partial charge in [-0.15, -0.1) is 0 Å². The van der Waals surface area contributed by atoms with Crippen molar-refractivity contribution in [2.45, 2.75) is 18.9 Å². The number of methoxy groups -OCH3 is 2. The van der Waals surface area contributed by atoms with Gasteiger partial charge in [-0.05, 0) is 30.5 Å². The minimum atomic E-state index is -0.114. The third-order valence-corrected chi connectivity index (χ3v) is 5.78. The average molecular weight is 400 g/mol. The SMILES string of the molecule is COc1cc(Cl)c(/C=C2\SC(=S)N(C[C@@H]3CCCO3)C2=O)cc1OC. The molecule has 0 aromatic heterocycles. The van der Waals surface area contributed by atoms with Crippen molar-refractivity contribution in [3.8, 4) is 11.5 Å². The Balaban J connectivity index is 1.84. The summed E-state index contributed by atoms with van der Waals surface area (Å²) in [5, 5.41) is 0.474. The van der Waals surface area contributed by atoms with E-state index in [0.29, 0.717) is 37.9 Å². The van der Waals surface area contributed by atoms with Crippen LogP contribution in [-0.2, 0) is 9.53 Å². The van der Waals surface area contributed by atoms with E-state index in [2.05, 4.69) is 0 Å². The van der Waals surface area contributed by atoms with Crippen molar-refractivity contribution in [2.75, 3.05) is 27.4 Å². The van der Waals surface area contributed by atoms with Crippen LogP contribution in [0.4, 0.5) is 0 Å². The number of amides is 1. The molecule has 5 nitrogen and oxygen atoms in total. The molecule has 1 aromatic carbocycles. The first-order valence-corrected chi connectivity index (χ1v) is 9.42. The molecule has 0 unspecified atom stereocenters. The molecule has 2 heterocycles. The lowest BCUT2D eigenvalue weighted by molar-refractivity contribution is -0.123. The Bertz CT molecular complexity index is 732. The van der Waals surface area contributed by atoms with Gasteiger partial charge >= 0.3 is 0 Å². The molecule has 2 aliphatic rings. The van der Waals surface area contributed by atoms with Crippen molar-refractivity contribution < 1.29 is 19.0 Å². The summed E-state index contributed by atoms with van der Waals surface area (Å²) >= 11 is 12.9. The molecule has 25 heavy (non-hydrogen) atoms. The molecule has 134 valence electrons. The highest BCUT2D eigenvalue weighted by atomic mass is 35.5. The molecule has 1 aromatic rings. The summed E-state index contributed by atoms with van der Waals surface area (Å²) in [5.41, 5.74) is 0.678.